The predicted molar refractivity (Wildman–Crippen MR) is 48.3 cm³/mol. The normalized spacial score (nSPS) is 23.1. The molecule has 0 N–H and O–H groups in total. The van der Waals surface area contributed by atoms with Crippen LogP contribution in [0.3, 0.4) is 0 Å². The number of rotatable bonds is 2. The molecule has 0 amide bonds. The molecule has 0 bridgehead atoms. The lowest BCUT2D eigenvalue weighted by molar-refractivity contribution is 0.767. The van der Waals surface area contributed by atoms with Crippen LogP contribution in [-0.4, -0.2) is 0 Å². The van der Waals surface area contributed by atoms with E-state index >= 15 is 0 Å². The molecule has 0 saturated carbocycles. The van der Waals surface area contributed by atoms with Crippen molar-refractivity contribution in [2.45, 2.75) is 25.7 Å². The first-order chi connectivity index (χ1) is 5.45. The molecule has 0 atom stereocenters. The monoisotopic (exact) mass is 146 g/mol. The molecule has 0 saturated heterocycles. The molecule has 2 aliphatic carbocycles. The number of allylic oxidation sites excluding steroid dienone is 6. The second kappa shape index (κ2) is 3.08. The van der Waals surface area contributed by atoms with Gasteiger partial charge in [0.15, 0.2) is 0 Å². The Morgan fingerprint density at radius 3 is 2.73 bits per heavy atom. The summed E-state index contributed by atoms with van der Waals surface area (Å²) in [5.74, 6) is 0.708. The van der Waals surface area contributed by atoms with Crippen molar-refractivity contribution in [3.63, 3.8) is 0 Å². The highest BCUT2D eigenvalue weighted by atomic mass is 14.1. The van der Waals surface area contributed by atoms with Gasteiger partial charge in [-0.15, -0.1) is 0 Å². The first-order valence-electron chi connectivity index (χ1n) is 4.48. The highest BCUT2D eigenvalue weighted by Gasteiger charge is 2.09. The maximum atomic E-state index is 2.42. The molecule has 0 heterocycles. The fraction of sp³-hybridized carbons (Fsp3) is 0.455. The van der Waals surface area contributed by atoms with Crippen molar-refractivity contribution in [2.75, 3.05) is 0 Å². The van der Waals surface area contributed by atoms with Gasteiger partial charge in [-0.2, -0.15) is 0 Å². The van der Waals surface area contributed by atoms with Crippen LogP contribution in [0.15, 0.2) is 36.0 Å². The van der Waals surface area contributed by atoms with Crippen LogP contribution in [0.5, 0.6) is 0 Å². The quantitative estimate of drug-likeness (QED) is 0.525. The average molecular weight is 146 g/mol. The molecule has 0 nitrogen and oxygen atoms in total. The zero-order chi connectivity index (χ0) is 7.52. The Morgan fingerprint density at radius 2 is 2.09 bits per heavy atom. The SMILES string of the molecule is C1=CC(CC2=CCCC2)C=C1. The Morgan fingerprint density at radius 1 is 1.27 bits per heavy atom. The molecule has 0 aromatic rings. The van der Waals surface area contributed by atoms with Crippen molar-refractivity contribution >= 4 is 0 Å². The Labute approximate surface area is 68.3 Å². The lowest BCUT2D eigenvalue weighted by atomic mass is 10.0. The van der Waals surface area contributed by atoms with Crippen LogP contribution in [0.25, 0.3) is 0 Å². The van der Waals surface area contributed by atoms with Gasteiger partial charge in [0, 0.05) is 0 Å². The van der Waals surface area contributed by atoms with Crippen LogP contribution in [0.1, 0.15) is 25.7 Å². The predicted octanol–water partition coefficient (Wildman–Crippen LogP) is 3.23. The molecular formula is C11H14. The van der Waals surface area contributed by atoms with Crippen LogP contribution in [0, 0.1) is 5.92 Å². The van der Waals surface area contributed by atoms with Gasteiger partial charge >= 0.3 is 0 Å². The summed E-state index contributed by atoms with van der Waals surface area (Å²) in [6.07, 6.45) is 16.6. The Bertz CT molecular complexity index is 206. The molecule has 0 unspecified atom stereocenters. The highest BCUT2D eigenvalue weighted by Crippen LogP contribution is 2.26. The molecule has 0 aromatic heterocycles. The van der Waals surface area contributed by atoms with Gasteiger partial charge in [-0.05, 0) is 31.6 Å². The third kappa shape index (κ3) is 1.62. The van der Waals surface area contributed by atoms with Gasteiger partial charge in [-0.3, -0.25) is 0 Å². The van der Waals surface area contributed by atoms with Crippen molar-refractivity contribution in [3.8, 4) is 0 Å². The minimum Gasteiger partial charge on any atom is -0.0853 e. The van der Waals surface area contributed by atoms with Gasteiger partial charge in [-0.25, -0.2) is 0 Å². The lowest BCUT2D eigenvalue weighted by Gasteiger charge is -2.04. The molecule has 2 rings (SSSR count). The summed E-state index contributed by atoms with van der Waals surface area (Å²) in [6, 6.07) is 0. The zero-order valence-corrected chi connectivity index (χ0v) is 6.79. The smallest absolute Gasteiger partial charge is 0.00101 e. The third-order valence-electron chi connectivity index (χ3n) is 2.46. The Balaban J connectivity index is 1.89. The maximum absolute atomic E-state index is 2.42. The topological polar surface area (TPSA) is 0 Å². The molecule has 11 heavy (non-hydrogen) atoms. The number of hydrogen-bond acceptors (Lipinski definition) is 0. The maximum Gasteiger partial charge on any atom is -0.00101 e. The van der Waals surface area contributed by atoms with E-state index < -0.39 is 0 Å². The largest absolute Gasteiger partial charge is 0.0853 e. The Kier molecular flexibility index (Phi) is 1.93. The minimum absolute atomic E-state index is 0.708. The van der Waals surface area contributed by atoms with E-state index in [0.29, 0.717) is 5.92 Å². The summed E-state index contributed by atoms with van der Waals surface area (Å²) in [6.45, 7) is 0. The van der Waals surface area contributed by atoms with Crippen molar-refractivity contribution in [1.29, 1.82) is 0 Å². The molecular weight excluding hydrogens is 132 g/mol. The third-order valence-corrected chi connectivity index (χ3v) is 2.46. The van der Waals surface area contributed by atoms with E-state index in [1.54, 1.807) is 5.57 Å². The summed E-state index contributed by atoms with van der Waals surface area (Å²) >= 11 is 0. The first-order valence-corrected chi connectivity index (χ1v) is 4.48. The van der Waals surface area contributed by atoms with E-state index in [4.69, 9.17) is 0 Å². The summed E-state index contributed by atoms with van der Waals surface area (Å²) in [5, 5.41) is 0. The Hall–Kier alpha value is -0.780. The van der Waals surface area contributed by atoms with E-state index in [0.717, 1.165) is 0 Å². The molecule has 0 fully saturated rings. The summed E-state index contributed by atoms with van der Waals surface area (Å²) in [4.78, 5) is 0. The molecule has 0 heteroatoms. The van der Waals surface area contributed by atoms with Gasteiger partial charge in [0.05, 0.1) is 0 Å². The minimum atomic E-state index is 0.708. The average Bonchev–Trinajstić information content (AvgIpc) is 2.60. The van der Waals surface area contributed by atoms with Gasteiger partial charge < -0.3 is 0 Å². The molecule has 2 aliphatic rings. The van der Waals surface area contributed by atoms with E-state index in [9.17, 15) is 0 Å². The standard InChI is InChI=1S/C11H14/c1-2-6-10(5-1)9-11-7-3-4-8-11/h1-2,5-7,10H,3-4,8-9H2. The van der Waals surface area contributed by atoms with Crippen LogP contribution >= 0.6 is 0 Å². The summed E-state index contributed by atoms with van der Waals surface area (Å²) in [5.41, 5.74) is 1.67. The molecule has 0 aromatic carbocycles. The second-order valence-corrected chi connectivity index (χ2v) is 3.39. The van der Waals surface area contributed by atoms with Gasteiger partial charge in [0.2, 0.25) is 0 Å². The van der Waals surface area contributed by atoms with E-state index in [1.807, 2.05) is 0 Å². The van der Waals surface area contributed by atoms with Gasteiger partial charge in [0.1, 0.15) is 0 Å². The highest BCUT2D eigenvalue weighted by molar-refractivity contribution is 5.21. The lowest BCUT2D eigenvalue weighted by Crippen LogP contribution is -1.90. The fourth-order valence-electron chi connectivity index (χ4n) is 1.84. The fourth-order valence-corrected chi connectivity index (χ4v) is 1.84. The van der Waals surface area contributed by atoms with E-state index in [1.165, 1.54) is 25.7 Å². The zero-order valence-electron chi connectivity index (χ0n) is 6.79. The van der Waals surface area contributed by atoms with Crippen LogP contribution < -0.4 is 0 Å². The van der Waals surface area contributed by atoms with E-state index in [2.05, 4.69) is 30.4 Å². The number of hydrogen-bond donors (Lipinski definition) is 0. The summed E-state index contributed by atoms with van der Waals surface area (Å²) in [7, 11) is 0. The van der Waals surface area contributed by atoms with Crippen molar-refractivity contribution in [2.24, 2.45) is 5.92 Å². The second-order valence-electron chi connectivity index (χ2n) is 3.39. The van der Waals surface area contributed by atoms with Crippen molar-refractivity contribution in [1.82, 2.24) is 0 Å². The van der Waals surface area contributed by atoms with Crippen LogP contribution in [0.2, 0.25) is 0 Å². The molecule has 0 radical (unpaired) electrons. The molecule has 0 aliphatic heterocycles. The summed E-state index contributed by atoms with van der Waals surface area (Å²) < 4.78 is 0. The van der Waals surface area contributed by atoms with E-state index in [-0.39, 0.29) is 0 Å². The first kappa shape index (κ1) is 6.90. The van der Waals surface area contributed by atoms with Crippen LogP contribution in [-0.2, 0) is 0 Å². The van der Waals surface area contributed by atoms with Crippen molar-refractivity contribution in [3.05, 3.63) is 36.0 Å². The van der Waals surface area contributed by atoms with Crippen molar-refractivity contribution < 1.29 is 0 Å². The molecule has 0 spiro atoms. The molecule has 58 valence electrons. The van der Waals surface area contributed by atoms with Crippen LogP contribution in [0.4, 0.5) is 0 Å². The van der Waals surface area contributed by atoms with Gasteiger partial charge in [-0.1, -0.05) is 36.0 Å². The van der Waals surface area contributed by atoms with Gasteiger partial charge in [0.25, 0.3) is 0 Å².